The molecule has 1 aliphatic heterocycles. The van der Waals surface area contributed by atoms with Crippen molar-refractivity contribution < 1.29 is 5.11 Å². The molecule has 0 amide bonds. The van der Waals surface area contributed by atoms with Gasteiger partial charge in [0, 0.05) is 29.7 Å². The Morgan fingerprint density at radius 2 is 1.92 bits per heavy atom. The van der Waals surface area contributed by atoms with Crippen LogP contribution >= 0.6 is 0 Å². The molecule has 1 aromatic heterocycles. The van der Waals surface area contributed by atoms with Crippen LogP contribution in [0.1, 0.15) is 28.5 Å². The highest BCUT2D eigenvalue weighted by atomic mass is 16.3. The maximum absolute atomic E-state index is 10.7. The molecular formula is C21H24N2O. The predicted octanol–water partition coefficient (Wildman–Crippen LogP) is 3.67. The van der Waals surface area contributed by atoms with Gasteiger partial charge in [-0.15, -0.1) is 0 Å². The summed E-state index contributed by atoms with van der Waals surface area (Å²) < 4.78 is 2.33. The van der Waals surface area contributed by atoms with Crippen molar-refractivity contribution in [1.29, 1.82) is 0 Å². The second kappa shape index (κ2) is 6.08. The summed E-state index contributed by atoms with van der Waals surface area (Å²) in [4.78, 5) is 2.36. The second-order valence-electron chi connectivity index (χ2n) is 6.97. The average Bonchev–Trinajstić information content (AvgIpc) is 2.88. The van der Waals surface area contributed by atoms with Gasteiger partial charge in [0.05, 0.1) is 12.6 Å². The number of aliphatic hydroxyl groups is 1. The van der Waals surface area contributed by atoms with Gasteiger partial charge in [-0.1, -0.05) is 42.0 Å². The number of fused-ring (bicyclic) bond motifs is 3. The first-order valence-electron chi connectivity index (χ1n) is 8.65. The number of aryl methyl sites for hydroxylation is 1. The number of aromatic nitrogens is 1. The van der Waals surface area contributed by atoms with Crippen molar-refractivity contribution in [2.45, 2.75) is 32.5 Å². The van der Waals surface area contributed by atoms with Crippen LogP contribution in [0.4, 0.5) is 0 Å². The molecule has 3 aromatic rings. The lowest BCUT2D eigenvalue weighted by Gasteiger charge is -2.25. The number of rotatable bonds is 3. The minimum atomic E-state index is -0.487. The monoisotopic (exact) mass is 320 g/mol. The standard InChI is InChI=1S/C21H24N2O/c1-15-8-9-19-18(12-15)17-10-11-22(2)13-20(17)23(19)14-21(24)16-6-4-3-5-7-16/h3-9,12,21,24H,10-11,13-14H2,1-2H3. The molecule has 4 rings (SSSR count). The summed E-state index contributed by atoms with van der Waals surface area (Å²) in [6, 6.07) is 16.6. The molecule has 2 aromatic carbocycles. The summed E-state index contributed by atoms with van der Waals surface area (Å²) in [5.74, 6) is 0. The van der Waals surface area contributed by atoms with Gasteiger partial charge >= 0.3 is 0 Å². The van der Waals surface area contributed by atoms with E-state index >= 15 is 0 Å². The predicted molar refractivity (Wildman–Crippen MR) is 98.1 cm³/mol. The van der Waals surface area contributed by atoms with Crippen LogP contribution in [0.2, 0.25) is 0 Å². The van der Waals surface area contributed by atoms with E-state index in [9.17, 15) is 5.11 Å². The highest BCUT2D eigenvalue weighted by molar-refractivity contribution is 5.86. The third-order valence-electron chi connectivity index (χ3n) is 5.15. The first kappa shape index (κ1) is 15.4. The fourth-order valence-electron chi connectivity index (χ4n) is 3.85. The molecule has 0 fully saturated rings. The van der Waals surface area contributed by atoms with Crippen molar-refractivity contribution in [3.63, 3.8) is 0 Å². The fraction of sp³-hybridized carbons (Fsp3) is 0.333. The van der Waals surface area contributed by atoms with Crippen LogP contribution in [0, 0.1) is 6.92 Å². The van der Waals surface area contributed by atoms with Crippen LogP contribution < -0.4 is 0 Å². The third-order valence-corrected chi connectivity index (χ3v) is 5.15. The van der Waals surface area contributed by atoms with Crippen LogP contribution in [0.25, 0.3) is 10.9 Å². The van der Waals surface area contributed by atoms with E-state index in [-0.39, 0.29) is 0 Å². The van der Waals surface area contributed by atoms with Crippen LogP contribution in [0.15, 0.2) is 48.5 Å². The average molecular weight is 320 g/mol. The normalized spacial score (nSPS) is 16.3. The Hall–Kier alpha value is -2.10. The molecule has 0 saturated carbocycles. The minimum Gasteiger partial charge on any atom is -0.387 e. The van der Waals surface area contributed by atoms with Gasteiger partial charge in [0.1, 0.15) is 0 Å². The molecule has 0 bridgehead atoms. The molecule has 1 N–H and O–H groups in total. The molecule has 2 heterocycles. The van der Waals surface area contributed by atoms with Crippen molar-refractivity contribution in [2.24, 2.45) is 0 Å². The van der Waals surface area contributed by atoms with E-state index in [0.29, 0.717) is 6.54 Å². The van der Waals surface area contributed by atoms with E-state index in [4.69, 9.17) is 0 Å². The van der Waals surface area contributed by atoms with E-state index in [1.807, 2.05) is 30.3 Å². The Morgan fingerprint density at radius 3 is 2.71 bits per heavy atom. The van der Waals surface area contributed by atoms with Gasteiger partial charge in [-0.3, -0.25) is 0 Å². The van der Waals surface area contributed by atoms with Crippen LogP contribution in [-0.4, -0.2) is 28.2 Å². The zero-order valence-electron chi connectivity index (χ0n) is 14.4. The molecule has 1 unspecified atom stereocenters. The fourth-order valence-corrected chi connectivity index (χ4v) is 3.85. The lowest BCUT2D eigenvalue weighted by Crippen LogP contribution is -2.28. The third kappa shape index (κ3) is 2.64. The highest BCUT2D eigenvalue weighted by Gasteiger charge is 2.23. The summed E-state index contributed by atoms with van der Waals surface area (Å²) in [5, 5.41) is 12.1. The number of hydrogen-bond donors (Lipinski definition) is 1. The first-order chi connectivity index (χ1) is 11.6. The summed E-state index contributed by atoms with van der Waals surface area (Å²) in [6.45, 7) is 4.80. The number of benzene rings is 2. The van der Waals surface area contributed by atoms with Gasteiger partial charge in [0.2, 0.25) is 0 Å². The Morgan fingerprint density at radius 1 is 1.12 bits per heavy atom. The van der Waals surface area contributed by atoms with Crippen molar-refractivity contribution in [1.82, 2.24) is 9.47 Å². The van der Waals surface area contributed by atoms with E-state index in [2.05, 4.69) is 41.6 Å². The van der Waals surface area contributed by atoms with E-state index in [1.165, 1.54) is 27.7 Å². The lowest BCUT2D eigenvalue weighted by molar-refractivity contribution is 0.155. The van der Waals surface area contributed by atoms with Gasteiger partial charge in [-0.25, -0.2) is 0 Å². The highest BCUT2D eigenvalue weighted by Crippen LogP contribution is 2.32. The molecule has 1 atom stereocenters. The summed E-state index contributed by atoms with van der Waals surface area (Å²) in [6.07, 6.45) is 0.597. The molecule has 0 radical (unpaired) electrons. The zero-order chi connectivity index (χ0) is 16.7. The number of likely N-dealkylation sites (N-methyl/N-ethyl adjacent to an activating group) is 1. The summed E-state index contributed by atoms with van der Waals surface area (Å²) >= 11 is 0. The number of hydrogen-bond acceptors (Lipinski definition) is 2. The smallest absolute Gasteiger partial charge is 0.0969 e. The van der Waals surface area contributed by atoms with Crippen LogP contribution in [0.3, 0.4) is 0 Å². The van der Waals surface area contributed by atoms with E-state index in [0.717, 1.165) is 25.1 Å². The first-order valence-corrected chi connectivity index (χ1v) is 8.65. The Balaban J connectivity index is 1.81. The maximum Gasteiger partial charge on any atom is 0.0969 e. The Labute approximate surface area is 143 Å². The molecule has 24 heavy (non-hydrogen) atoms. The molecule has 0 spiro atoms. The number of nitrogens with zero attached hydrogens (tertiary/aromatic N) is 2. The van der Waals surface area contributed by atoms with Crippen molar-refractivity contribution in [3.05, 3.63) is 70.9 Å². The van der Waals surface area contributed by atoms with Gasteiger partial charge < -0.3 is 14.6 Å². The minimum absolute atomic E-state index is 0.487. The molecule has 3 nitrogen and oxygen atoms in total. The molecule has 1 aliphatic rings. The molecular weight excluding hydrogens is 296 g/mol. The molecule has 3 heteroatoms. The quantitative estimate of drug-likeness (QED) is 0.797. The SMILES string of the molecule is Cc1ccc2c(c1)c1c(n2CC(O)c2ccccc2)CN(C)CC1. The largest absolute Gasteiger partial charge is 0.387 e. The molecule has 124 valence electrons. The van der Waals surface area contributed by atoms with Gasteiger partial charge in [-0.05, 0) is 43.7 Å². The zero-order valence-corrected chi connectivity index (χ0v) is 14.4. The van der Waals surface area contributed by atoms with E-state index < -0.39 is 6.10 Å². The summed E-state index contributed by atoms with van der Waals surface area (Å²) in [7, 11) is 2.17. The molecule has 0 saturated heterocycles. The van der Waals surface area contributed by atoms with Crippen molar-refractivity contribution in [3.8, 4) is 0 Å². The summed E-state index contributed by atoms with van der Waals surface area (Å²) in [5.41, 5.74) is 6.34. The topological polar surface area (TPSA) is 28.4 Å². The van der Waals surface area contributed by atoms with Crippen LogP contribution in [0.5, 0.6) is 0 Å². The van der Waals surface area contributed by atoms with E-state index in [1.54, 1.807) is 0 Å². The Kier molecular flexibility index (Phi) is 3.91. The molecule has 0 aliphatic carbocycles. The maximum atomic E-state index is 10.7. The van der Waals surface area contributed by atoms with Gasteiger partial charge in [-0.2, -0.15) is 0 Å². The van der Waals surface area contributed by atoms with Gasteiger partial charge in [0.15, 0.2) is 0 Å². The number of aliphatic hydroxyl groups excluding tert-OH is 1. The van der Waals surface area contributed by atoms with Crippen molar-refractivity contribution >= 4 is 10.9 Å². The lowest BCUT2D eigenvalue weighted by atomic mass is 10.0. The van der Waals surface area contributed by atoms with Gasteiger partial charge in [0.25, 0.3) is 0 Å². The van der Waals surface area contributed by atoms with Crippen molar-refractivity contribution in [2.75, 3.05) is 13.6 Å². The van der Waals surface area contributed by atoms with Crippen LogP contribution in [-0.2, 0) is 19.5 Å². The Bertz CT molecular complexity index is 866. The second-order valence-corrected chi connectivity index (χ2v) is 6.97.